The number of benzene rings is 2. The number of amides is 1. The van der Waals surface area contributed by atoms with E-state index in [2.05, 4.69) is 0 Å². The molecule has 0 N–H and O–H groups in total. The van der Waals surface area contributed by atoms with Gasteiger partial charge in [0.2, 0.25) is 0 Å². The van der Waals surface area contributed by atoms with Crippen LogP contribution in [-0.2, 0) is 11.4 Å². The van der Waals surface area contributed by atoms with Gasteiger partial charge in [0, 0.05) is 29.8 Å². The second kappa shape index (κ2) is 8.49. The summed E-state index contributed by atoms with van der Waals surface area (Å²) in [5.41, 5.74) is 0.557. The van der Waals surface area contributed by atoms with Gasteiger partial charge >= 0.3 is 0 Å². The van der Waals surface area contributed by atoms with Crippen LogP contribution in [-0.4, -0.2) is 26.6 Å². The minimum Gasteiger partial charge on any atom is -0.488 e. The number of non-ortho nitro benzene ring substituents is 1. The van der Waals surface area contributed by atoms with Crippen LogP contribution in [0.15, 0.2) is 47.4 Å². The molecular weight excluding hydrogens is 403 g/mol. The molecule has 0 bridgehead atoms. The van der Waals surface area contributed by atoms with Gasteiger partial charge in [0.15, 0.2) is 0 Å². The van der Waals surface area contributed by atoms with Crippen molar-refractivity contribution in [2.75, 3.05) is 6.54 Å². The molecule has 144 valence electrons. The summed E-state index contributed by atoms with van der Waals surface area (Å²) in [4.78, 5) is 24.8. The summed E-state index contributed by atoms with van der Waals surface area (Å²) in [7, 11) is 0. The van der Waals surface area contributed by atoms with Crippen molar-refractivity contribution in [2.45, 2.75) is 13.5 Å². The predicted molar refractivity (Wildman–Crippen MR) is 109 cm³/mol. The Bertz CT molecular complexity index is 994. The highest BCUT2D eigenvalue weighted by Gasteiger charge is 2.31. The normalized spacial score (nSPS) is 15.4. The smallest absolute Gasteiger partial charge is 0.270 e. The number of likely N-dealkylation sites (N-methyl/N-ethyl adjacent to an activating group) is 1. The zero-order valence-electron chi connectivity index (χ0n) is 14.8. The third-order valence-corrected chi connectivity index (χ3v) is 5.40. The molecule has 0 radical (unpaired) electrons. The SMILES string of the molecule is CCN1C(=O)/C(=C\c2cc([N+](=O)[O-])ccc2OCc2ccccc2F)SC1=S. The molecule has 2 aromatic carbocycles. The third-order valence-electron chi connectivity index (χ3n) is 4.02. The number of nitro groups is 1. The lowest BCUT2D eigenvalue weighted by molar-refractivity contribution is -0.384. The molecule has 0 unspecified atom stereocenters. The Labute approximate surface area is 170 Å². The first kappa shape index (κ1) is 20.0. The molecule has 1 saturated heterocycles. The highest BCUT2D eigenvalue weighted by Crippen LogP contribution is 2.35. The van der Waals surface area contributed by atoms with Gasteiger partial charge in [-0.05, 0) is 25.1 Å². The van der Waals surface area contributed by atoms with E-state index < -0.39 is 10.7 Å². The number of halogens is 1. The van der Waals surface area contributed by atoms with Gasteiger partial charge < -0.3 is 4.74 Å². The first-order chi connectivity index (χ1) is 13.4. The first-order valence-corrected chi connectivity index (χ1v) is 9.53. The summed E-state index contributed by atoms with van der Waals surface area (Å²) in [5.74, 6) is -0.366. The second-order valence-corrected chi connectivity index (χ2v) is 7.46. The summed E-state index contributed by atoms with van der Waals surface area (Å²) in [6.45, 7) is 2.19. The molecule has 1 fully saturated rings. The minimum absolute atomic E-state index is 0.0543. The van der Waals surface area contributed by atoms with Gasteiger partial charge in [0.25, 0.3) is 11.6 Å². The van der Waals surface area contributed by atoms with Crippen LogP contribution in [0.1, 0.15) is 18.1 Å². The Morgan fingerprint density at radius 2 is 2.07 bits per heavy atom. The topological polar surface area (TPSA) is 72.7 Å². The fraction of sp³-hybridized carbons (Fsp3) is 0.158. The molecule has 3 rings (SSSR count). The number of rotatable bonds is 6. The number of nitrogens with zero attached hydrogens (tertiary/aromatic N) is 2. The van der Waals surface area contributed by atoms with Crippen LogP contribution in [0.4, 0.5) is 10.1 Å². The van der Waals surface area contributed by atoms with Crippen molar-refractivity contribution in [3.63, 3.8) is 0 Å². The van der Waals surface area contributed by atoms with E-state index in [1.165, 1.54) is 35.2 Å². The Morgan fingerprint density at radius 1 is 1.32 bits per heavy atom. The molecule has 28 heavy (non-hydrogen) atoms. The van der Waals surface area contributed by atoms with Crippen LogP contribution < -0.4 is 4.74 Å². The Hall–Kier alpha value is -2.78. The van der Waals surface area contributed by atoms with E-state index in [4.69, 9.17) is 17.0 Å². The molecule has 0 saturated carbocycles. The molecule has 1 heterocycles. The molecule has 0 spiro atoms. The molecular formula is C19H15FN2O4S2. The lowest BCUT2D eigenvalue weighted by atomic mass is 10.1. The van der Waals surface area contributed by atoms with Crippen molar-refractivity contribution < 1.29 is 18.8 Å². The van der Waals surface area contributed by atoms with E-state index in [1.807, 2.05) is 6.92 Å². The van der Waals surface area contributed by atoms with Gasteiger partial charge in [-0.25, -0.2) is 4.39 Å². The van der Waals surface area contributed by atoms with Crippen molar-refractivity contribution in [3.8, 4) is 5.75 Å². The van der Waals surface area contributed by atoms with Crippen LogP contribution in [0, 0.1) is 15.9 Å². The molecule has 1 amide bonds. The van der Waals surface area contributed by atoms with Gasteiger partial charge in [0.1, 0.15) is 22.5 Å². The third kappa shape index (κ3) is 4.20. The van der Waals surface area contributed by atoms with Crippen LogP contribution in [0.5, 0.6) is 5.75 Å². The Balaban J connectivity index is 1.94. The zero-order valence-corrected chi connectivity index (χ0v) is 16.4. The maximum absolute atomic E-state index is 13.8. The summed E-state index contributed by atoms with van der Waals surface area (Å²) in [6, 6.07) is 10.2. The number of carbonyl (C=O) groups is 1. The molecule has 0 atom stereocenters. The highest BCUT2D eigenvalue weighted by atomic mass is 32.2. The maximum Gasteiger partial charge on any atom is 0.270 e. The van der Waals surface area contributed by atoms with E-state index >= 15 is 0 Å². The first-order valence-electron chi connectivity index (χ1n) is 8.30. The number of ether oxygens (including phenoxy) is 1. The standard InChI is InChI=1S/C19H15FN2O4S2/c1-2-21-18(23)17(28-19(21)27)10-13-9-14(22(24)25)7-8-16(13)26-11-12-5-3-4-6-15(12)20/h3-10H,2,11H2,1H3/b17-10+. The fourth-order valence-corrected chi connectivity index (χ4v) is 3.95. The van der Waals surface area contributed by atoms with Crippen LogP contribution in [0.3, 0.4) is 0 Å². The summed E-state index contributed by atoms with van der Waals surface area (Å²) < 4.78 is 19.9. The molecule has 1 aliphatic heterocycles. The van der Waals surface area contributed by atoms with Crippen molar-refractivity contribution in [1.82, 2.24) is 4.90 Å². The van der Waals surface area contributed by atoms with Gasteiger partial charge in [0.05, 0.1) is 9.83 Å². The molecule has 9 heteroatoms. The van der Waals surface area contributed by atoms with Gasteiger partial charge in [-0.3, -0.25) is 19.8 Å². The average molecular weight is 418 g/mol. The quantitative estimate of drug-likeness (QED) is 0.297. The van der Waals surface area contributed by atoms with E-state index in [1.54, 1.807) is 18.2 Å². The van der Waals surface area contributed by atoms with Crippen LogP contribution in [0.2, 0.25) is 0 Å². The van der Waals surface area contributed by atoms with Crippen molar-refractivity contribution in [2.24, 2.45) is 0 Å². The summed E-state index contributed by atoms with van der Waals surface area (Å²) in [5, 5.41) is 11.1. The number of thiocarbonyl (C=S) groups is 1. The van der Waals surface area contributed by atoms with E-state index in [9.17, 15) is 19.3 Å². The predicted octanol–water partition coefficient (Wildman–Crippen LogP) is 4.53. The molecule has 6 nitrogen and oxygen atoms in total. The molecule has 0 aromatic heterocycles. The second-order valence-electron chi connectivity index (χ2n) is 5.79. The van der Waals surface area contributed by atoms with E-state index in [0.717, 1.165) is 11.8 Å². The average Bonchev–Trinajstić information content (AvgIpc) is 2.94. The highest BCUT2D eigenvalue weighted by molar-refractivity contribution is 8.26. The number of hydrogen-bond donors (Lipinski definition) is 0. The number of hydrogen-bond acceptors (Lipinski definition) is 6. The van der Waals surface area contributed by atoms with Crippen molar-refractivity contribution in [3.05, 3.63) is 74.4 Å². The van der Waals surface area contributed by atoms with E-state index in [0.29, 0.717) is 32.6 Å². The maximum atomic E-state index is 13.8. The van der Waals surface area contributed by atoms with Gasteiger partial charge in [-0.15, -0.1) is 0 Å². The van der Waals surface area contributed by atoms with Crippen molar-refractivity contribution >= 4 is 46.0 Å². The number of carbonyl (C=O) groups excluding carboxylic acids is 1. The molecule has 2 aromatic rings. The van der Waals surface area contributed by atoms with Crippen LogP contribution >= 0.6 is 24.0 Å². The summed E-state index contributed by atoms with van der Waals surface area (Å²) in [6.07, 6.45) is 1.51. The van der Waals surface area contributed by atoms with E-state index in [-0.39, 0.29) is 18.2 Å². The van der Waals surface area contributed by atoms with Crippen LogP contribution in [0.25, 0.3) is 6.08 Å². The Kier molecular flexibility index (Phi) is 6.05. The fourth-order valence-electron chi connectivity index (χ4n) is 2.58. The Morgan fingerprint density at radius 3 is 2.71 bits per heavy atom. The zero-order chi connectivity index (χ0) is 20.3. The minimum atomic E-state index is -0.532. The largest absolute Gasteiger partial charge is 0.488 e. The lowest BCUT2D eigenvalue weighted by Crippen LogP contribution is -2.27. The number of nitro benzene ring substituents is 1. The van der Waals surface area contributed by atoms with Gasteiger partial charge in [-0.1, -0.05) is 42.2 Å². The number of thioether (sulfide) groups is 1. The summed E-state index contributed by atoms with van der Waals surface area (Å²) >= 11 is 6.31. The van der Waals surface area contributed by atoms with Crippen molar-refractivity contribution in [1.29, 1.82) is 0 Å². The van der Waals surface area contributed by atoms with Gasteiger partial charge in [-0.2, -0.15) is 0 Å². The lowest BCUT2D eigenvalue weighted by Gasteiger charge is -2.11. The molecule has 1 aliphatic rings. The molecule has 0 aliphatic carbocycles. The monoisotopic (exact) mass is 418 g/mol.